The molecule has 0 radical (unpaired) electrons. The molecule has 16 rings (SSSR count). The number of aryl methyl sites for hydroxylation is 2. The largest absolute Gasteiger partial charge is 0.465 e. The zero-order chi connectivity index (χ0) is 74.4. The maximum atomic E-state index is 11.5. The Balaban J connectivity index is 0.000000138. The Labute approximate surface area is 671 Å². The molecule has 0 N–H and O–H groups in total. The van der Waals surface area contributed by atoms with Gasteiger partial charge in [0, 0.05) is 24.0 Å². The first-order chi connectivity index (χ1) is 52.6. The van der Waals surface area contributed by atoms with E-state index in [2.05, 4.69) is 397 Å². The molecule has 14 aromatic carbocycles. The average molecular weight is 1690 g/mol. The molecule has 0 unspecified atom stereocenters. The van der Waals surface area contributed by atoms with Gasteiger partial charge in [-0.25, -0.2) is 14.4 Å². The van der Waals surface area contributed by atoms with Crippen LogP contribution in [0.15, 0.2) is 388 Å². The molecule has 2 fully saturated rings. The number of hydrogen-bond acceptors (Lipinski definition) is 4. The fourth-order valence-corrected chi connectivity index (χ4v) is 22.4. The van der Waals surface area contributed by atoms with Crippen LogP contribution in [0.2, 0.25) is 0 Å². The minimum absolute atomic E-state index is 0. The fraction of sp³-hybridized carbons (Fsp3) is 0.103. The van der Waals surface area contributed by atoms with E-state index in [1.165, 1.54) is 99.8 Å². The summed E-state index contributed by atoms with van der Waals surface area (Å²) in [6.07, 6.45) is 4.87. The van der Waals surface area contributed by atoms with Crippen LogP contribution in [0.4, 0.5) is 5.69 Å². The number of nitrogens with zero attached hydrogens (tertiary/aromatic N) is 1. The predicted octanol–water partition coefficient (Wildman–Crippen LogP) is 20.3. The van der Waals surface area contributed by atoms with Crippen LogP contribution in [-0.2, 0) is 29.9 Å². The Bertz CT molecular complexity index is 4190. The summed E-state index contributed by atoms with van der Waals surface area (Å²) in [7, 11) is 0.991. The molecule has 108 heavy (non-hydrogen) atoms. The minimum atomic E-state index is -0.446. The van der Waals surface area contributed by atoms with Gasteiger partial charge >= 0.3 is 11.9 Å². The molecule has 0 amide bonds. The molecule has 0 saturated heterocycles. The molecule has 2 aliphatic carbocycles. The van der Waals surface area contributed by atoms with E-state index in [1.54, 1.807) is 6.07 Å². The maximum absolute atomic E-state index is 11.5. The summed E-state index contributed by atoms with van der Waals surface area (Å²) in [6.45, 7) is 11.0. The molecule has 2 saturated carbocycles. The second kappa shape index (κ2) is 43.0. The quantitative estimate of drug-likeness (QED) is 0.0318. The Morgan fingerprint density at radius 3 is 0.657 bits per heavy atom. The van der Waals surface area contributed by atoms with E-state index in [4.69, 9.17) is 16.0 Å². The van der Waals surface area contributed by atoms with Crippen LogP contribution < -0.4 is 63.7 Å². The molecule has 5 nitrogen and oxygen atoms in total. The van der Waals surface area contributed by atoms with Gasteiger partial charge in [-0.05, 0) is 204 Å². The molecular formula is C97H86INO4P4Pd. The number of carbonyl (C=O) groups excluding carboxylic acids is 2. The van der Waals surface area contributed by atoms with E-state index in [0.717, 1.165) is 35.4 Å². The first-order valence-electron chi connectivity index (χ1n) is 35.9. The van der Waals surface area contributed by atoms with Gasteiger partial charge in [0.1, 0.15) is 0 Å². The second-order valence-electron chi connectivity index (χ2n) is 25.4. The van der Waals surface area contributed by atoms with Crippen LogP contribution >= 0.6 is 54.3 Å². The van der Waals surface area contributed by atoms with Crippen molar-refractivity contribution >= 4 is 136 Å². The molecule has 0 aromatic heterocycles. The van der Waals surface area contributed by atoms with Crippen LogP contribution in [0.3, 0.4) is 0 Å². The summed E-state index contributed by atoms with van der Waals surface area (Å²) in [5.74, 6) is 0.634. The van der Waals surface area contributed by atoms with Crippen molar-refractivity contribution < 1.29 is 39.5 Å². The number of esters is 2. The molecule has 11 heteroatoms. The first-order valence-corrected chi connectivity index (χ1v) is 42.3. The molecule has 14 aromatic rings. The molecule has 2 aliphatic rings. The van der Waals surface area contributed by atoms with Crippen LogP contribution in [0, 0.1) is 24.0 Å². The van der Waals surface area contributed by atoms with Crippen molar-refractivity contribution in [3.63, 3.8) is 0 Å². The molecule has 0 spiro atoms. The van der Waals surface area contributed by atoms with Crippen molar-refractivity contribution in [1.29, 1.82) is 0 Å². The number of carbonyl (C=O) groups is 2. The molecule has 0 bridgehead atoms. The fourth-order valence-electron chi connectivity index (χ4n) is 12.3. The van der Waals surface area contributed by atoms with Crippen LogP contribution in [0.1, 0.15) is 80.5 Å². The third-order valence-corrected chi connectivity index (χ3v) is 28.6. The Kier molecular flexibility index (Phi) is 32.3. The summed E-state index contributed by atoms with van der Waals surface area (Å²) in [6, 6.07) is 137. The minimum Gasteiger partial charge on any atom is -0.465 e. The summed E-state index contributed by atoms with van der Waals surface area (Å²) in [5.41, 5.74) is 6.16. The standard InChI is InChI=1S/4C18H15P.C13H13NO2.C12H13IO2.Pd/c4*1-4-10-16(11-5-1)19(17-12-6-2-7-13-17)18-14-8-3-9-15-18;1-8-6-11(9-4-5-9)12(14-2)7-10(8)13(15)16-3;1-7-5-10(8-3-4-8)11(13)6-9(7)12(14)15-2;/h4*1-15H;6-7,9H,4-5H2,1,3H3;5-6,8H,3-4H2,1-2H3;. The zero-order valence-electron chi connectivity index (χ0n) is 61.0. The van der Waals surface area contributed by atoms with Crippen molar-refractivity contribution in [2.75, 3.05) is 14.2 Å². The van der Waals surface area contributed by atoms with E-state index < -0.39 is 31.7 Å². The van der Waals surface area contributed by atoms with Gasteiger partial charge in [-0.15, -0.1) is 0 Å². The van der Waals surface area contributed by atoms with Gasteiger partial charge in [-0.2, -0.15) is 0 Å². The number of benzene rings is 14. The molecular weight excluding hydrogens is 1600 g/mol. The number of hydrogen-bond donors (Lipinski definition) is 0. The maximum Gasteiger partial charge on any atom is 0.338 e. The Morgan fingerprint density at radius 2 is 0.481 bits per heavy atom. The summed E-state index contributed by atoms with van der Waals surface area (Å²) in [5, 5.41) is 16.8. The molecule has 0 aliphatic heterocycles. The Morgan fingerprint density at radius 1 is 0.306 bits per heavy atom. The normalized spacial score (nSPS) is 11.7. The van der Waals surface area contributed by atoms with Gasteiger partial charge in [0.05, 0.1) is 31.9 Å². The van der Waals surface area contributed by atoms with Crippen molar-refractivity contribution in [3.05, 3.63) is 437 Å². The third kappa shape index (κ3) is 23.3. The number of methoxy groups -OCH3 is 2. The van der Waals surface area contributed by atoms with Gasteiger partial charge in [-0.1, -0.05) is 376 Å². The predicted molar refractivity (Wildman–Crippen MR) is 469 cm³/mol. The van der Waals surface area contributed by atoms with Gasteiger partial charge in [-0.3, -0.25) is 0 Å². The summed E-state index contributed by atoms with van der Waals surface area (Å²) in [4.78, 5) is 26.4. The second-order valence-corrected chi connectivity index (χ2v) is 35.5. The van der Waals surface area contributed by atoms with E-state index in [9.17, 15) is 9.59 Å². The molecule has 540 valence electrons. The van der Waals surface area contributed by atoms with E-state index >= 15 is 0 Å². The van der Waals surface area contributed by atoms with Crippen molar-refractivity contribution in [1.82, 2.24) is 0 Å². The van der Waals surface area contributed by atoms with Crippen LogP contribution in [-0.4, -0.2) is 26.2 Å². The number of rotatable bonds is 16. The first kappa shape index (κ1) is 81.1. The number of ether oxygens (including phenoxy) is 2. The van der Waals surface area contributed by atoms with E-state index in [-0.39, 0.29) is 32.4 Å². The average Bonchev–Trinajstić information content (AvgIpc) is 1.61. The topological polar surface area (TPSA) is 57.0 Å². The zero-order valence-corrected chi connectivity index (χ0v) is 68.3. The molecule has 0 atom stereocenters. The Hall–Kier alpha value is -9.38. The van der Waals surface area contributed by atoms with Crippen LogP contribution in [0.5, 0.6) is 0 Å². The van der Waals surface area contributed by atoms with Gasteiger partial charge < -0.3 is 9.47 Å². The summed E-state index contributed by atoms with van der Waals surface area (Å²) >= 11 is 2.30. The van der Waals surface area contributed by atoms with Crippen LogP contribution in [0.25, 0.3) is 4.85 Å². The van der Waals surface area contributed by atoms with Crippen molar-refractivity contribution in [2.24, 2.45) is 0 Å². The monoisotopic (exact) mass is 1690 g/mol. The smallest absolute Gasteiger partial charge is 0.338 e. The SMILES string of the molecule is COC(=O)c1cc(I)c(C2CC2)cc1C.[C-]#[N+]c1cc(C(=O)OC)c(C)cc1C1CC1.[Pd].c1ccc(P(c2ccccc2)c2ccccc2)cc1.c1ccc(P(c2ccccc2)c2ccccc2)cc1.c1ccc(P(c2ccccc2)c2ccccc2)cc1.c1ccc(P(c2ccccc2)c2ccccc2)cc1. The van der Waals surface area contributed by atoms with Crippen molar-refractivity contribution in [3.8, 4) is 0 Å². The van der Waals surface area contributed by atoms with Crippen molar-refractivity contribution in [2.45, 2.75) is 51.4 Å². The summed E-state index contributed by atoms with van der Waals surface area (Å²) < 4.78 is 10.6. The van der Waals surface area contributed by atoms with Gasteiger partial charge in [0.2, 0.25) is 0 Å². The third-order valence-electron chi connectivity index (χ3n) is 17.9. The number of halogens is 1. The van der Waals surface area contributed by atoms with E-state index in [0.29, 0.717) is 22.7 Å². The van der Waals surface area contributed by atoms with Gasteiger partial charge in [0.15, 0.2) is 5.69 Å². The van der Waals surface area contributed by atoms with E-state index in [1.807, 2.05) is 26.0 Å². The van der Waals surface area contributed by atoms with Gasteiger partial charge in [0.25, 0.3) is 0 Å². The molecule has 0 heterocycles.